The number of ether oxygens (including phenoxy) is 1. The number of hydrazone groups is 1. The predicted octanol–water partition coefficient (Wildman–Crippen LogP) is 2.96. The topological polar surface area (TPSA) is 68.5 Å². The third-order valence-electron chi connectivity index (χ3n) is 3.96. The van der Waals surface area contributed by atoms with E-state index in [1.165, 1.54) is 0 Å². The first-order valence-electron chi connectivity index (χ1n) is 8.20. The van der Waals surface area contributed by atoms with Crippen LogP contribution in [0.2, 0.25) is 0 Å². The summed E-state index contributed by atoms with van der Waals surface area (Å²) in [5, 5.41) is 4.19. The first kappa shape index (κ1) is 17.4. The number of rotatable bonds is 6. The van der Waals surface area contributed by atoms with Crippen LogP contribution in [0.5, 0.6) is 5.75 Å². The van der Waals surface area contributed by atoms with E-state index in [0.29, 0.717) is 0 Å². The molecule has 0 radical (unpaired) electrons. The number of carbonyl (C=O) groups is 1. The summed E-state index contributed by atoms with van der Waals surface area (Å²) >= 11 is 0. The lowest BCUT2D eigenvalue weighted by molar-refractivity contribution is -0.120. The fourth-order valence-corrected chi connectivity index (χ4v) is 2.47. The zero-order chi connectivity index (χ0) is 18.4. The van der Waals surface area contributed by atoms with E-state index in [0.717, 1.165) is 28.3 Å². The molecular weight excluding hydrogens is 328 g/mol. The first-order valence-corrected chi connectivity index (χ1v) is 8.20. The van der Waals surface area contributed by atoms with Crippen LogP contribution in [0.1, 0.15) is 18.1 Å². The van der Waals surface area contributed by atoms with Crippen molar-refractivity contribution < 1.29 is 9.53 Å². The SMILES string of the molecule is COc1ccc(CC(=O)NN=C(C)c2ccc(-n3ccnc3)cc2)cc1. The molecule has 0 fully saturated rings. The van der Waals surface area contributed by atoms with Crippen molar-refractivity contribution in [1.29, 1.82) is 0 Å². The van der Waals surface area contributed by atoms with Gasteiger partial charge in [0.05, 0.1) is 25.6 Å². The van der Waals surface area contributed by atoms with Crippen molar-refractivity contribution in [1.82, 2.24) is 15.0 Å². The number of hydrogen-bond donors (Lipinski definition) is 1. The summed E-state index contributed by atoms with van der Waals surface area (Å²) in [6.07, 6.45) is 5.63. The van der Waals surface area contributed by atoms with Crippen molar-refractivity contribution in [2.75, 3.05) is 7.11 Å². The van der Waals surface area contributed by atoms with Gasteiger partial charge in [-0.15, -0.1) is 0 Å². The summed E-state index contributed by atoms with van der Waals surface area (Å²) in [7, 11) is 1.61. The Hall–Kier alpha value is -3.41. The number of imidazole rings is 1. The third-order valence-corrected chi connectivity index (χ3v) is 3.96. The molecule has 3 aromatic rings. The highest BCUT2D eigenvalue weighted by atomic mass is 16.5. The molecule has 1 heterocycles. The predicted molar refractivity (Wildman–Crippen MR) is 101 cm³/mol. The van der Waals surface area contributed by atoms with Crippen LogP contribution in [0.15, 0.2) is 72.4 Å². The van der Waals surface area contributed by atoms with Crippen molar-refractivity contribution >= 4 is 11.6 Å². The van der Waals surface area contributed by atoms with E-state index >= 15 is 0 Å². The number of aromatic nitrogens is 2. The number of nitrogens with zero attached hydrogens (tertiary/aromatic N) is 3. The summed E-state index contributed by atoms with van der Waals surface area (Å²) in [5.74, 6) is 0.603. The summed E-state index contributed by atoms with van der Waals surface area (Å²) in [6.45, 7) is 1.86. The molecule has 26 heavy (non-hydrogen) atoms. The van der Waals surface area contributed by atoms with Crippen LogP contribution in [-0.4, -0.2) is 28.3 Å². The van der Waals surface area contributed by atoms with Gasteiger partial charge in [0.25, 0.3) is 0 Å². The molecule has 6 nitrogen and oxygen atoms in total. The molecule has 2 aromatic carbocycles. The van der Waals surface area contributed by atoms with E-state index in [1.807, 2.05) is 66.2 Å². The molecule has 1 aromatic heterocycles. The summed E-state index contributed by atoms with van der Waals surface area (Å²) < 4.78 is 7.03. The first-order chi connectivity index (χ1) is 12.7. The van der Waals surface area contributed by atoms with Crippen LogP contribution in [0.4, 0.5) is 0 Å². The van der Waals surface area contributed by atoms with Gasteiger partial charge < -0.3 is 9.30 Å². The molecule has 3 rings (SSSR count). The van der Waals surface area contributed by atoms with Gasteiger partial charge in [-0.2, -0.15) is 5.10 Å². The molecule has 0 spiro atoms. The van der Waals surface area contributed by atoms with Gasteiger partial charge in [0.1, 0.15) is 5.75 Å². The molecule has 0 aliphatic heterocycles. The van der Waals surface area contributed by atoms with E-state index in [-0.39, 0.29) is 12.3 Å². The fraction of sp³-hybridized carbons (Fsp3) is 0.150. The Bertz CT molecular complexity index is 883. The fourth-order valence-electron chi connectivity index (χ4n) is 2.47. The van der Waals surface area contributed by atoms with Crippen molar-refractivity contribution in [3.8, 4) is 11.4 Å². The van der Waals surface area contributed by atoms with Crippen LogP contribution in [-0.2, 0) is 11.2 Å². The van der Waals surface area contributed by atoms with Gasteiger partial charge in [-0.3, -0.25) is 4.79 Å². The monoisotopic (exact) mass is 348 g/mol. The molecule has 0 unspecified atom stereocenters. The molecule has 0 aliphatic carbocycles. The zero-order valence-electron chi connectivity index (χ0n) is 14.7. The Labute approximate surface area is 152 Å². The maximum Gasteiger partial charge on any atom is 0.244 e. The van der Waals surface area contributed by atoms with Crippen LogP contribution in [0, 0.1) is 0 Å². The summed E-state index contributed by atoms with van der Waals surface area (Å²) in [6, 6.07) is 15.3. The van der Waals surface area contributed by atoms with E-state index in [1.54, 1.807) is 19.6 Å². The molecule has 0 saturated carbocycles. The second kappa shape index (κ2) is 8.11. The van der Waals surface area contributed by atoms with Crippen molar-refractivity contribution in [3.63, 3.8) is 0 Å². The molecule has 1 amide bonds. The van der Waals surface area contributed by atoms with Crippen molar-refractivity contribution in [2.45, 2.75) is 13.3 Å². The van der Waals surface area contributed by atoms with Crippen LogP contribution >= 0.6 is 0 Å². The summed E-state index contributed by atoms with van der Waals surface area (Å²) in [4.78, 5) is 16.1. The number of benzene rings is 2. The van der Waals surface area contributed by atoms with Gasteiger partial charge in [0, 0.05) is 18.1 Å². The molecule has 0 aliphatic rings. The van der Waals surface area contributed by atoms with Gasteiger partial charge in [-0.1, -0.05) is 24.3 Å². The highest BCUT2D eigenvalue weighted by molar-refractivity contribution is 5.99. The zero-order valence-corrected chi connectivity index (χ0v) is 14.7. The number of amides is 1. The quantitative estimate of drug-likeness (QED) is 0.550. The third kappa shape index (κ3) is 4.36. The lowest BCUT2D eigenvalue weighted by Crippen LogP contribution is -2.21. The normalized spacial score (nSPS) is 11.2. The smallest absolute Gasteiger partial charge is 0.244 e. The van der Waals surface area contributed by atoms with Gasteiger partial charge >= 0.3 is 0 Å². The largest absolute Gasteiger partial charge is 0.497 e. The van der Waals surface area contributed by atoms with Gasteiger partial charge in [-0.25, -0.2) is 10.4 Å². The Balaban J connectivity index is 1.59. The molecule has 6 heteroatoms. The number of carbonyl (C=O) groups excluding carboxylic acids is 1. The van der Waals surface area contributed by atoms with Crippen molar-refractivity contribution in [3.05, 3.63) is 78.4 Å². The average molecular weight is 348 g/mol. The standard InChI is InChI=1S/C20H20N4O2/c1-15(17-5-7-18(8-6-17)24-12-11-21-14-24)22-23-20(25)13-16-3-9-19(26-2)10-4-16/h3-12,14H,13H2,1-2H3,(H,23,25). The van der Waals surface area contributed by atoms with Gasteiger partial charge in [0.2, 0.25) is 5.91 Å². The Morgan fingerprint density at radius 2 is 1.88 bits per heavy atom. The number of methoxy groups -OCH3 is 1. The molecule has 0 atom stereocenters. The summed E-state index contributed by atoms with van der Waals surface area (Å²) in [5.41, 5.74) is 6.21. The van der Waals surface area contributed by atoms with Crippen molar-refractivity contribution in [2.24, 2.45) is 5.10 Å². The molecular formula is C20H20N4O2. The second-order valence-electron chi connectivity index (χ2n) is 5.77. The highest BCUT2D eigenvalue weighted by Gasteiger charge is 2.04. The number of nitrogens with one attached hydrogen (secondary N) is 1. The maximum absolute atomic E-state index is 12.1. The Kier molecular flexibility index (Phi) is 5.43. The lowest BCUT2D eigenvalue weighted by Gasteiger charge is -2.06. The minimum absolute atomic E-state index is 0.162. The van der Waals surface area contributed by atoms with Crippen LogP contribution < -0.4 is 10.2 Å². The van der Waals surface area contributed by atoms with E-state index in [4.69, 9.17) is 4.74 Å². The Morgan fingerprint density at radius 3 is 2.50 bits per heavy atom. The van der Waals surface area contributed by atoms with E-state index in [2.05, 4.69) is 15.5 Å². The lowest BCUT2D eigenvalue weighted by atomic mass is 10.1. The van der Waals surface area contributed by atoms with Gasteiger partial charge in [-0.05, 0) is 42.3 Å². The van der Waals surface area contributed by atoms with E-state index in [9.17, 15) is 4.79 Å². The van der Waals surface area contributed by atoms with E-state index < -0.39 is 0 Å². The van der Waals surface area contributed by atoms with Gasteiger partial charge in [0.15, 0.2) is 0 Å². The molecule has 0 saturated heterocycles. The highest BCUT2D eigenvalue weighted by Crippen LogP contribution is 2.12. The average Bonchev–Trinajstić information content (AvgIpc) is 3.21. The maximum atomic E-state index is 12.1. The molecule has 1 N–H and O–H groups in total. The minimum atomic E-state index is -0.162. The second-order valence-corrected chi connectivity index (χ2v) is 5.77. The molecule has 132 valence electrons. The minimum Gasteiger partial charge on any atom is -0.497 e. The Morgan fingerprint density at radius 1 is 1.15 bits per heavy atom. The number of hydrogen-bond acceptors (Lipinski definition) is 4. The van der Waals surface area contributed by atoms with Crippen LogP contribution in [0.3, 0.4) is 0 Å². The molecule has 0 bridgehead atoms. The van der Waals surface area contributed by atoms with Crippen LogP contribution in [0.25, 0.3) is 5.69 Å².